The van der Waals surface area contributed by atoms with E-state index in [1.54, 1.807) is 0 Å². The Morgan fingerprint density at radius 2 is 1.81 bits per heavy atom. The fourth-order valence-electron chi connectivity index (χ4n) is 6.23. The molecule has 142 valence electrons. The van der Waals surface area contributed by atoms with Gasteiger partial charge in [-0.25, -0.2) is 4.79 Å². The molecule has 4 aliphatic carbocycles. The van der Waals surface area contributed by atoms with Gasteiger partial charge in [0.25, 0.3) is 0 Å². The van der Waals surface area contributed by atoms with Gasteiger partial charge in [-0.2, -0.15) is 0 Å². The van der Waals surface area contributed by atoms with Gasteiger partial charge < -0.3 is 16.4 Å². The second kappa shape index (κ2) is 6.87. The van der Waals surface area contributed by atoms with Crippen LogP contribution in [0.2, 0.25) is 0 Å². The number of primary amides is 1. The van der Waals surface area contributed by atoms with Gasteiger partial charge in [0.2, 0.25) is 5.91 Å². The third-order valence-electron chi connectivity index (χ3n) is 6.97. The Kier molecular flexibility index (Phi) is 4.71. The molecule has 4 aliphatic rings. The molecule has 4 saturated carbocycles. The Morgan fingerprint density at radius 3 is 2.31 bits per heavy atom. The smallest absolute Gasteiger partial charge is 0.312 e. The second-order valence-corrected chi connectivity index (χ2v) is 9.83. The first-order chi connectivity index (χ1) is 12.4. The molecule has 1 aromatic heterocycles. The maximum atomic E-state index is 12.7. The highest BCUT2D eigenvalue weighted by Crippen LogP contribution is 2.61. The number of hydrogen-bond acceptors (Lipinski definition) is 3. The lowest BCUT2D eigenvalue weighted by atomic mass is 9.48. The van der Waals surface area contributed by atoms with E-state index in [1.807, 2.05) is 17.5 Å². The number of urea groups is 1. The summed E-state index contributed by atoms with van der Waals surface area (Å²) in [7, 11) is 0. The van der Waals surface area contributed by atoms with Crippen LogP contribution in [0.4, 0.5) is 4.79 Å². The van der Waals surface area contributed by atoms with Crippen LogP contribution in [0.5, 0.6) is 0 Å². The maximum Gasteiger partial charge on any atom is 0.312 e. The van der Waals surface area contributed by atoms with Gasteiger partial charge in [0.15, 0.2) is 0 Å². The number of carbonyl (C=O) groups is 2. The lowest BCUT2D eigenvalue weighted by molar-refractivity contribution is -0.126. The fourth-order valence-corrected chi connectivity index (χ4v) is 7.01. The minimum atomic E-state index is -0.592. The molecule has 5 rings (SSSR count). The lowest BCUT2D eigenvalue weighted by Gasteiger charge is -2.59. The van der Waals surface area contributed by atoms with Gasteiger partial charge in [-0.1, -0.05) is 6.07 Å². The molecule has 6 heteroatoms. The number of carbonyl (C=O) groups excluding carboxylic acids is 2. The number of nitrogens with two attached hydrogens (primary N) is 1. The van der Waals surface area contributed by atoms with Crippen molar-refractivity contribution in [1.82, 2.24) is 10.6 Å². The molecule has 0 aliphatic heterocycles. The number of thiophene rings is 1. The van der Waals surface area contributed by atoms with Crippen LogP contribution in [0.25, 0.3) is 0 Å². The predicted molar refractivity (Wildman–Crippen MR) is 103 cm³/mol. The highest BCUT2D eigenvalue weighted by Gasteiger charge is 2.53. The summed E-state index contributed by atoms with van der Waals surface area (Å²) >= 11 is 1.53. The molecule has 0 unspecified atom stereocenters. The van der Waals surface area contributed by atoms with E-state index in [1.165, 1.54) is 49.9 Å². The van der Waals surface area contributed by atoms with E-state index in [0.717, 1.165) is 22.6 Å². The topological polar surface area (TPSA) is 84.2 Å². The molecular weight excluding hydrogens is 346 g/mol. The first kappa shape index (κ1) is 17.8. The van der Waals surface area contributed by atoms with Crippen molar-refractivity contribution in [2.24, 2.45) is 28.9 Å². The van der Waals surface area contributed by atoms with Crippen LogP contribution in [-0.2, 0) is 4.79 Å². The van der Waals surface area contributed by atoms with Gasteiger partial charge in [0.1, 0.15) is 0 Å². The molecular formula is C20H29N3O2S. The van der Waals surface area contributed by atoms with Crippen LogP contribution < -0.4 is 16.4 Å². The molecule has 4 fully saturated rings. The third kappa shape index (κ3) is 3.48. The van der Waals surface area contributed by atoms with E-state index in [4.69, 9.17) is 5.73 Å². The van der Waals surface area contributed by atoms with Gasteiger partial charge in [0, 0.05) is 10.9 Å². The first-order valence-corrected chi connectivity index (χ1v) is 10.7. The number of hydrogen-bond donors (Lipinski definition) is 3. The minimum Gasteiger partial charge on any atom is -0.353 e. The summed E-state index contributed by atoms with van der Waals surface area (Å²) in [5.74, 6) is 2.61. The van der Waals surface area contributed by atoms with Crippen molar-refractivity contribution in [2.45, 2.75) is 64.0 Å². The zero-order valence-electron chi connectivity index (χ0n) is 15.4. The van der Waals surface area contributed by atoms with E-state index in [-0.39, 0.29) is 24.4 Å². The van der Waals surface area contributed by atoms with Crippen molar-refractivity contribution in [1.29, 1.82) is 0 Å². The van der Waals surface area contributed by atoms with E-state index in [9.17, 15) is 9.59 Å². The van der Waals surface area contributed by atoms with Crippen LogP contribution in [0.3, 0.4) is 0 Å². The Labute approximate surface area is 159 Å². The molecule has 4 bridgehead atoms. The van der Waals surface area contributed by atoms with Crippen LogP contribution in [0.15, 0.2) is 17.5 Å². The third-order valence-corrected chi connectivity index (χ3v) is 7.96. The summed E-state index contributed by atoms with van der Waals surface area (Å²) in [5, 5.41) is 7.93. The molecule has 5 nitrogen and oxygen atoms in total. The van der Waals surface area contributed by atoms with Gasteiger partial charge in [-0.15, -0.1) is 11.3 Å². The second-order valence-electron chi connectivity index (χ2n) is 8.85. The average Bonchev–Trinajstić information content (AvgIpc) is 3.06. The average molecular weight is 376 g/mol. The van der Waals surface area contributed by atoms with Crippen molar-refractivity contribution >= 4 is 23.3 Å². The number of amides is 3. The molecule has 1 heterocycles. The highest BCUT2D eigenvalue weighted by atomic mass is 32.1. The highest BCUT2D eigenvalue weighted by molar-refractivity contribution is 7.10. The molecule has 2 atom stereocenters. The quantitative estimate of drug-likeness (QED) is 0.710. The SMILES string of the molecule is C[C@@H](NC(=O)C[C@@H](NC(N)=O)c1cccs1)C12CC3CC(CC(C3)C1)C2. The number of nitrogens with one attached hydrogen (secondary N) is 2. The lowest BCUT2D eigenvalue weighted by Crippen LogP contribution is -2.56. The van der Waals surface area contributed by atoms with Crippen molar-refractivity contribution in [3.8, 4) is 0 Å². The Balaban J connectivity index is 1.40. The largest absolute Gasteiger partial charge is 0.353 e. The van der Waals surface area contributed by atoms with Crippen molar-refractivity contribution in [3.05, 3.63) is 22.4 Å². The maximum absolute atomic E-state index is 12.7. The fraction of sp³-hybridized carbons (Fsp3) is 0.700. The normalized spacial score (nSPS) is 34.3. The van der Waals surface area contributed by atoms with Crippen LogP contribution >= 0.6 is 11.3 Å². The minimum absolute atomic E-state index is 0.000366. The van der Waals surface area contributed by atoms with Crippen molar-refractivity contribution in [2.75, 3.05) is 0 Å². The Morgan fingerprint density at radius 1 is 1.19 bits per heavy atom. The molecule has 26 heavy (non-hydrogen) atoms. The molecule has 0 spiro atoms. The summed E-state index contributed by atoms with van der Waals surface area (Å²) in [6.07, 6.45) is 8.27. The molecule has 0 radical (unpaired) electrons. The summed E-state index contributed by atoms with van der Waals surface area (Å²) in [5.41, 5.74) is 5.59. The molecule has 3 amide bonds. The van der Waals surface area contributed by atoms with Crippen LogP contribution in [-0.4, -0.2) is 18.0 Å². The first-order valence-electron chi connectivity index (χ1n) is 9.82. The van der Waals surface area contributed by atoms with Crippen molar-refractivity contribution < 1.29 is 9.59 Å². The molecule has 0 saturated heterocycles. The van der Waals surface area contributed by atoms with Crippen LogP contribution in [0.1, 0.15) is 62.8 Å². The van der Waals surface area contributed by atoms with Gasteiger partial charge in [-0.05, 0) is 80.1 Å². The van der Waals surface area contributed by atoms with Gasteiger partial charge in [0.05, 0.1) is 12.5 Å². The summed E-state index contributed by atoms with van der Waals surface area (Å²) in [6.45, 7) is 2.19. The van der Waals surface area contributed by atoms with Gasteiger partial charge >= 0.3 is 6.03 Å². The zero-order valence-corrected chi connectivity index (χ0v) is 16.2. The molecule has 0 aromatic carbocycles. The predicted octanol–water partition coefficient (Wildman–Crippen LogP) is 3.57. The van der Waals surface area contributed by atoms with E-state index in [2.05, 4.69) is 17.6 Å². The van der Waals surface area contributed by atoms with Crippen LogP contribution in [0, 0.1) is 23.2 Å². The summed E-state index contributed by atoms with van der Waals surface area (Å²) < 4.78 is 0. The standard InChI is InChI=1S/C20H29N3O2S/c1-12(20-9-13-5-14(10-20)7-15(6-13)11-20)22-18(24)8-16(23-19(21)25)17-3-2-4-26-17/h2-4,12-16H,5-11H2,1H3,(H,22,24)(H3,21,23,25)/t12-,13?,14?,15?,16-,20?/m1/s1. The molecule has 4 N–H and O–H groups in total. The summed E-state index contributed by atoms with van der Waals surface area (Å²) in [6, 6.07) is 3.11. The molecule has 1 aromatic rings. The zero-order chi connectivity index (χ0) is 18.3. The number of rotatable bonds is 6. The summed E-state index contributed by atoms with van der Waals surface area (Å²) in [4.78, 5) is 25.0. The van der Waals surface area contributed by atoms with E-state index < -0.39 is 6.03 Å². The monoisotopic (exact) mass is 375 g/mol. The van der Waals surface area contributed by atoms with Crippen molar-refractivity contribution in [3.63, 3.8) is 0 Å². The van der Waals surface area contributed by atoms with E-state index in [0.29, 0.717) is 5.41 Å². The van der Waals surface area contributed by atoms with E-state index >= 15 is 0 Å². The Hall–Kier alpha value is -1.56. The Bertz CT molecular complexity index is 637. The van der Waals surface area contributed by atoms with Gasteiger partial charge in [-0.3, -0.25) is 4.79 Å².